The van der Waals surface area contributed by atoms with Crippen LogP contribution in [0, 0.1) is 5.41 Å². The average molecular weight is 364 g/mol. The molecule has 0 bridgehead atoms. The summed E-state index contributed by atoms with van der Waals surface area (Å²) in [5.74, 6) is -0.180. The molecule has 0 aliphatic heterocycles. The minimum Gasteiger partial charge on any atom is -0.324 e. The maximum Gasteiger partial charge on any atom is 0.241 e. The fraction of sp³-hybridized carbons (Fsp3) is 0.417. The molecule has 0 aromatic heterocycles. The van der Waals surface area contributed by atoms with Crippen molar-refractivity contribution in [3.8, 4) is 0 Å². The average Bonchev–Trinajstić information content (AvgIpc) is 2.19. The Hall–Kier alpha value is -0.390. The van der Waals surface area contributed by atoms with Crippen molar-refractivity contribution < 1.29 is 4.79 Å². The van der Waals surface area contributed by atoms with Crippen LogP contribution in [0.2, 0.25) is 0 Å². The van der Waals surface area contributed by atoms with Gasteiger partial charge in [0.25, 0.3) is 0 Å². The summed E-state index contributed by atoms with van der Waals surface area (Å²) in [6, 6.07) is 5.01. The second-order valence-corrected chi connectivity index (χ2v) is 6.73. The van der Waals surface area contributed by atoms with Gasteiger partial charge in [-0.2, -0.15) is 0 Å². The van der Waals surface area contributed by atoms with E-state index in [0.29, 0.717) is 0 Å². The quantitative estimate of drug-likeness (QED) is 0.844. The topological polar surface area (TPSA) is 55.1 Å². The number of hydrogen-bond donors (Lipinski definition) is 2. The third kappa shape index (κ3) is 4.08. The molecular weight excluding hydrogens is 348 g/mol. The highest BCUT2D eigenvalue weighted by molar-refractivity contribution is 9.11. The lowest BCUT2D eigenvalue weighted by Gasteiger charge is -2.26. The van der Waals surface area contributed by atoms with Crippen LogP contribution in [-0.2, 0) is 4.79 Å². The van der Waals surface area contributed by atoms with Gasteiger partial charge in [0, 0.05) is 8.95 Å². The first-order valence-electron chi connectivity index (χ1n) is 5.23. The number of anilines is 1. The summed E-state index contributed by atoms with van der Waals surface area (Å²) in [4.78, 5) is 11.9. The summed E-state index contributed by atoms with van der Waals surface area (Å²) in [6.07, 6.45) is 0. The smallest absolute Gasteiger partial charge is 0.241 e. The van der Waals surface area contributed by atoms with E-state index >= 15 is 0 Å². The normalized spacial score (nSPS) is 13.3. The Morgan fingerprint density at radius 1 is 1.35 bits per heavy atom. The van der Waals surface area contributed by atoms with Gasteiger partial charge in [0.1, 0.15) is 0 Å². The van der Waals surface area contributed by atoms with Crippen molar-refractivity contribution >= 4 is 43.5 Å². The Labute approximate surface area is 118 Å². The van der Waals surface area contributed by atoms with Gasteiger partial charge in [-0.25, -0.2) is 0 Å². The van der Waals surface area contributed by atoms with Gasteiger partial charge in [-0.15, -0.1) is 0 Å². The van der Waals surface area contributed by atoms with Crippen LogP contribution in [0.15, 0.2) is 27.1 Å². The number of halogens is 2. The van der Waals surface area contributed by atoms with Crippen molar-refractivity contribution in [2.75, 3.05) is 5.32 Å². The van der Waals surface area contributed by atoms with E-state index in [0.717, 1.165) is 14.6 Å². The first kappa shape index (κ1) is 14.7. The lowest BCUT2D eigenvalue weighted by atomic mass is 9.87. The fourth-order valence-corrected chi connectivity index (χ4v) is 2.34. The largest absolute Gasteiger partial charge is 0.324 e. The van der Waals surface area contributed by atoms with Gasteiger partial charge >= 0.3 is 0 Å². The second kappa shape index (κ2) is 5.50. The number of nitrogens with one attached hydrogen (secondary N) is 1. The van der Waals surface area contributed by atoms with E-state index in [1.807, 2.05) is 39.0 Å². The maximum atomic E-state index is 11.9. The number of carbonyl (C=O) groups excluding carboxylic acids is 1. The highest BCUT2D eigenvalue weighted by Crippen LogP contribution is 2.27. The maximum absolute atomic E-state index is 11.9. The van der Waals surface area contributed by atoms with Crippen LogP contribution in [-0.4, -0.2) is 11.9 Å². The molecule has 1 rings (SSSR count). The number of nitrogens with two attached hydrogens (primary N) is 1. The van der Waals surface area contributed by atoms with Gasteiger partial charge < -0.3 is 11.1 Å². The van der Waals surface area contributed by atoms with Crippen LogP contribution in [0.25, 0.3) is 0 Å². The van der Waals surface area contributed by atoms with Crippen molar-refractivity contribution in [2.45, 2.75) is 26.8 Å². The van der Waals surface area contributed by atoms with Gasteiger partial charge in [-0.3, -0.25) is 4.79 Å². The molecule has 1 aromatic rings. The minimum atomic E-state index is -0.543. The molecule has 0 heterocycles. The summed E-state index contributed by atoms with van der Waals surface area (Å²) < 4.78 is 1.77. The minimum absolute atomic E-state index is 0.180. The van der Waals surface area contributed by atoms with Gasteiger partial charge in [0.05, 0.1) is 11.7 Å². The van der Waals surface area contributed by atoms with Crippen LogP contribution in [0.3, 0.4) is 0 Å². The SMILES string of the molecule is CC(C)(C)[C@@H](N)C(=O)Nc1ccc(Br)cc1Br. The molecule has 3 nitrogen and oxygen atoms in total. The van der Waals surface area contributed by atoms with Crippen molar-refractivity contribution in [1.29, 1.82) is 0 Å². The molecule has 0 radical (unpaired) electrons. The molecule has 94 valence electrons. The van der Waals surface area contributed by atoms with E-state index in [2.05, 4.69) is 37.2 Å². The van der Waals surface area contributed by atoms with Crippen molar-refractivity contribution in [2.24, 2.45) is 11.1 Å². The number of amides is 1. The molecular formula is C12H16Br2N2O. The lowest BCUT2D eigenvalue weighted by molar-refractivity contribution is -0.119. The van der Waals surface area contributed by atoms with Crippen LogP contribution in [0.5, 0.6) is 0 Å². The van der Waals surface area contributed by atoms with E-state index in [9.17, 15) is 4.79 Å². The summed E-state index contributed by atoms with van der Waals surface area (Å²) in [5, 5.41) is 2.81. The Morgan fingerprint density at radius 2 is 1.94 bits per heavy atom. The van der Waals surface area contributed by atoms with E-state index < -0.39 is 6.04 Å². The molecule has 1 amide bonds. The van der Waals surface area contributed by atoms with Crippen LogP contribution in [0.4, 0.5) is 5.69 Å². The summed E-state index contributed by atoms with van der Waals surface area (Å²) in [5.41, 5.74) is 6.35. The molecule has 0 unspecified atom stereocenters. The van der Waals surface area contributed by atoms with Crippen molar-refractivity contribution in [3.63, 3.8) is 0 Å². The fourth-order valence-electron chi connectivity index (χ4n) is 1.19. The molecule has 17 heavy (non-hydrogen) atoms. The molecule has 0 saturated carbocycles. The standard InChI is InChI=1S/C12H16Br2N2O/c1-12(2,3)10(15)11(17)16-9-5-4-7(13)6-8(9)14/h4-6,10H,15H2,1-3H3,(H,16,17)/t10-/m0/s1. The van der Waals surface area contributed by atoms with Gasteiger partial charge in [-0.05, 0) is 39.5 Å². The van der Waals surface area contributed by atoms with Crippen LogP contribution < -0.4 is 11.1 Å². The molecule has 3 N–H and O–H groups in total. The highest BCUT2D eigenvalue weighted by atomic mass is 79.9. The molecule has 5 heteroatoms. The highest BCUT2D eigenvalue weighted by Gasteiger charge is 2.27. The Kier molecular flexibility index (Phi) is 4.75. The van der Waals surface area contributed by atoms with Crippen LogP contribution >= 0.6 is 31.9 Å². The van der Waals surface area contributed by atoms with Crippen LogP contribution in [0.1, 0.15) is 20.8 Å². The third-order valence-corrected chi connectivity index (χ3v) is 3.55. The van der Waals surface area contributed by atoms with Gasteiger partial charge in [0.2, 0.25) is 5.91 Å². The summed E-state index contributed by atoms with van der Waals surface area (Å²) in [6.45, 7) is 5.82. The third-order valence-electron chi connectivity index (χ3n) is 2.40. The zero-order valence-corrected chi connectivity index (χ0v) is 13.2. The number of carbonyl (C=O) groups is 1. The summed E-state index contributed by atoms with van der Waals surface area (Å²) in [7, 11) is 0. The van der Waals surface area contributed by atoms with E-state index in [-0.39, 0.29) is 11.3 Å². The zero-order valence-electron chi connectivity index (χ0n) is 10.1. The molecule has 0 aliphatic rings. The molecule has 0 saturated heterocycles. The second-order valence-electron chi connectivity index (χ2n) is 4.96. The number of hydrogen-bond acceptors (Lipinski definition) is 2. The van der Waals surface area contributed by atoms with E-state index in [1.165, 1.54) is 0 Å². The predicted molar refractivity (Wildman–Crippen MR) is 77.9 cm³/mol. The van der Waals surface area contributed by atoms with Crippen molar-refractivity contribution in [1.82, 2.24) is 0 Å². The monoisotopic (exact) mass is 362 g/mol. The van der Waals surface area contributed by atoms with E-state index in [4.69, 9.17) is 5.73 Å². The summed E-state index contributed by atoms with van der Waals surface area (Å²) >= 11 is 6.75. The molecule has 0 aliphatic carbocycles. The lowest BCUT2D eigenvalue weighted by Crippen LogP contribution is -2.45. The molecule has 0 spiro atoms. The first-order chi connectivity index (χ1) is 7.71. The Bertz CT molecular complexity index is 427. The molecule has 0 fully saturated rings. The van der Waals surface area contributed by atoms with Gasteiger partial charge in [-0.1, -0.05) is 36.7 Å². The Morgan fingerprint density at radius 3 is 2.41 bits per heavy atom. The zero-order chi connectivity index (χ0) is 13.2. The molecule has 1 aromatic carbocycles. The van der Waals surface area contributed by atoms with E-state index in [1.54, 1.807) is 0 Å². The molecule has 1 atom stereocenters. The first-order valence-corrected chi connectivity index (χ1v) is 6.82. The predicted octanol–water partition coefficient (Wildman–Crippen LogP) is 3.52. The Balaban J connectivity index is 2.82. The van der Waals surface area contributed by atoms with Crippen molar-refractivity contribution in [3.05, 3.63) is 27.1 Å². The number of rotatable bonds is 2. The number of benzene rings is 1. The van der Waals surface area contributed by atoms with Gasteiger partial charge in [0.15, 0.2) is 0 Å².